The third-order valence-electron chi connectivity index (χ3n) is 5.11. The van der Waals surface area contributed by atoms with Crippen molar-refractivity contribution in [2.75, 3.05) is 6.61 Å². The predicted molar refractivity (Wildman–Crippen MR) is 89.8 cm³/mol. The van der Waals surface area contributed by atoms with E-state index in [0.29, 0.717) is 18.6 Å². The number of hydrogen-bond acceptors (Lipinski definition) is 3. The number of aldehydes is 1. The van der Waals surface area contributed by atoms with Crippen LogP contribution in [0.1, 0.15) is 42.6 Å². The minimum atomic E-state index is 0.204. The van der Waals surface area contributed by atoms with Crippen LogP contribution in [-0.4, -0.2) is 18.7 Å². The molecule has 0 fully saturated rings. The number of ketones is 1. The Bertz CT molecular complexity index is 712. The van der Waals surface area contributed by atoms with Gasteiger partial charge in [0.05, 0.1) is 6.61 Å². The highest BCUT2D eigenvalue weighted by atomic mass is 16.5. The zero-order valence-corrected chi connectivity index (χ0v) is 13.7. The fourth-order valence-corrected chi connectivity index (χ4v) is 3.58. The van der Waals surface area contributed by atoms with Crippen molar-refractivity contribution < 1.29 is 14.3 Å². The zero-order valence-electron chi connectivity index (χ0n) is 13.7. The Hall–Kier alpha value is -2.16. The molecule has 0 spiro atoms. The van der Waals surface area contributed by atoms with Crippen molar-refractivity contribution in [1.29, 1.82) is 0 Å². The molecule has 1 aromatic carbocycles. The van der Waals surface area contributed by atoms with Crippen LogP contribution in [0.2, 0.25) is 0 Å². The van der Waals surface area contributed by atoms with Crippen molar-refractivity contribution in [3.63, 3.8) is 0 Å². The van der Waals surface area contributed by atoms with Crippen LogP contribution in [-0.2, 0) is 11.2 Å². The number of Topliss-reactive ketones (excluding diaryl/α,β-unsaturated/α-hetero) is 1. The lowest BCUT2D eigenvalue weighted by atomic mass is 9.74. The Kier molecular flexibility index (Phi) is 4.20. The van der Waals surface area contributed by atoms with Gasteiger partial charge in [-0.2, -0.15) is 0 Å². The summed E-state index contributed by atoms with van der Waals surface area (Å²) < 4.78 is 5.88. The number of ether oxygens (including phenoxy) is 1. The van der Waals surface area contributed by atoms with Gasteiger partial charge in [0.2, 0.25) is 0 Å². The van der Waals surface area contributed by atoms with Gasteiger partial charge in [0.15, 0.2) is 5.78 Å². The average Bonchev–Trinajstić information content (AvgIpc) is 2.55. The molecule has 0 amide bonds. The van der Waals surface area contributed by atoms with E-state index in [9.17, 15) is 9.59 Å². The summed E-state index contributed by atoms with van der Waals surface area (Å²) in [7, 11) is 0. The number of fused-ring (bicyclic) bond motifs is 1. The molecule has 1 aliphatic heterocycles. The van der Waals surface area contributed by atoms with Crippen LogP contribution in [0.25, 0.3) is 0 Å². The van der Waals surface area contributed by atoms with Gasteiger partial charge in [-0.1, -0.05) is 17.7 Å². The first kappa shape index (κ1) is 15.7. The largest absolute Gasteiger partial charge is 0.493 e. The summed E-state index contributed by atoms with van der Waals surface area (Å²) in [4.78, 5) is 23.3. The molecule has 2 aliphatic rings. The first-order chi connectivity index (χ1) is 11.0. The van der Waals surface area contributed by atoms with Crippen LogP contribution in [0, 0.1) is 11.8 Å². The summed E-state index contributed by atoms with van der Waals surface area (Å²) in [5, 5.41) is 0. The van der Waals surface area contributed by atoms with Gasteiger partial charge < -0.3 is 4.74 Å². The summed E-state index contributed by atoms with van der Waals surface area (Å²) >= 11 is 0. The number of carbonyl (C=O) groups excluding carboxylic acids is 2. The number of rotatable bonds is 3. The third kappa shape index (κ3) is 3.00. The first-order valence-electron chi connectivity index (χ1n) is 8.08. The maximum absolute atomic E-state index is 12.3. The van der Waals surface area contributed by atoms with Crippen LogP contribution < -0.4 is 4.74 Å². The average molecular weight is 310 g/mol. The van der Waals surface area contributed by atoms with E-state index < -0.39 is 0 Å². The summed E-state index contributed by atoms with van der Waals surface area (Å²) in [5.41, 5.74) is 4.89. The van der Waals surface area contributed by atoms with Crippen molar-refractivity contribution >= 4 is 12.1 Å². The number of allylic oxidation sites excluding steroid dienone is 2. The summed E-state index contributed by atoms with van der Waals surface area (Å²) in [6.45, 7) is 8.56. The number of hydrogen-bond donors (Lipinski definition) is 0. The molecule has 1 heterocycles. The Morgan fingerprint density at radius 3 is 2.78 bits per heavy atom. The molecule has 2 unspecified atom stereocenters. The molecular formula is C20H22O3. The van der Waals surface area contributed by atoms with Crippen LogP contribution in [0.15, 0.2) is 41.5 Å². The maximum Gasteiger partial charge on any atom is 0.159 e. The van der Waals surface area contributed by atoms with Crippen molar-refractivity contribution in [2.45, 2.75) is 33.1 Å². The van der Waals surface area contributed by atoms with E-state index in [4.69, 9.17) is 4.74 Å². The van der Waals surface area contributed by atoms with E-state index in [1.165, 1.54) is 5.57 Å². The van der Waals surface area contributed by atoms with Gasteiger partial charge in [-0.25, -0.2) is 0 Å². The number of benzene rings is 1. The fourth-order valence-electron chi connectivity index (χ4n) is 3.58. The molecule has 0 N–H and O–H groups in total. The van der Waals surface area contributed by atoms with E-state index in [1.54, 1.807) is 6.07 Å². The Morgan fingerprint density at radius 1 is 1.30 bits per heavy atom. The molecule has 3 rings (SSSR count). The smallest absolute Gasteiger partial charge is 0.159 e. The van der Waals surface area contributed by atoms with E-state index in [-0.39, 0.29) is 17.6 Å². The molecule has 3 nitrogen and oxygen atoms in total. The molecule has 0 saturated carbocycles. The first-order valence-corrected chi connectivity index (χ1v) is 8.08. The summed E-state index contributed by atoms with van der Waals surface area (Å²) in [5.74, 6) is 1.52. The van der Waals surface area contributed by atoms with Gasteiger partial charge in [-0.15, -0.1) is 0 Å². The van der Waals surface area contributed by atoms with Gasteiger partial charge >= 0.3 is 0 Å². The SMILES string of the molecule is C=C(C)C1CC(=O)C(C)=C(C2COc3ccc(C=O)cc3C2)C1. The minimum absolute atomic E-state index is 0.204. The highest BCUT2D eigenvalue weighted by Gasteiger charge is 2.32. The predicted octanol–water partition coefficient (Wildman–Crippen LogP) is 3.92. The molecule has 23 heavy (non-hydrogen) atoms. The van der Waals surface area contributed by atoms with Crippen LogP contribution in [0.4, 0.5) is 0 Å². The molecule has 3 heteroatoms. The topological polar surface area (TPSA) is 43.4 Å². The molecule has 1 aromatic rings. The molecule has 0 bridgehead atoms. The van der Waals surface area contributed by atoms with Crippen LogP contribution >= 0.6 is 0 Å². The van der Waals surface area contributed by atoms with E-state index in [1.807, 2.05) is 26.0 Å². The van der Waals surface area contributed by atoms with Crippen molar-refractivity contribution in [3.8, 4) is 5.75 Å². The Labute approximate surface area is 137 Å². The van der Waals surface area contributed by atoms with Gasteiger partial charge in [0.1, 0.15) is 12.0 Å². The summed E-state index contributed by atoms with van der Waals surface area (Å²) in [6.07, 6.45) is 3.14. The van der Waals surface area contributed by atoms with Gasteiger partial charge in [-0.3, -0.25) is 9.59 Å². The van der Waals surface area contributed by atoms with E-state index >= 15 is 0 Å². The lowest BCUT2D eigenvalue weighted by molar-refractivity contribution is -0.116. The van der Waals surface area contributed by atoms with Crippen LogP contribution in [0.5, 0.6) is 5.75 Å². The Balaban J connectivity index is 1.89. The molecule has 0 aromatic heterocycles. The van der Waals surface area contributed by atoms with E-state index in [2.05, 4.69) is 6.58 Å². The Morgan fingerprint density at radius 2 is 2.09 bits per heavy atom. The van der Waals surface area contributed by atoms with Crippen molar-refractivity contribution in [1.82, 2.24) is 0 Å². The molecule has 1 aliphatic carbocycles. The monoisotopic (exact) mass is 310 g/mol. The highest BCUT2D eigenvalue weighted by molar-refractivity contribution is 5.97. The lowest BCUT2D eigenvalue weighted by Crippen LogP contribution is -2.29. The van der Waals surface area contributed by atoms with Gasteiger partial charge in [0.25, 0.3) is 0 Å². The highest BCUT2D eigenvalue weighted by Crippen LogP contribution is 2.39. The van der Waals surface area contributed by atoms with Crippen molar-refractivity contribution in [2.24, 2.45) is 11.8 Å². The second-order valence-electron chi connectivity index (χ2n) is 6.72. The third-order valence-corrected chi connectivity index (χ3v) is 5.11. The maximum atomic E-state index is 12.3. The van der Waals surface area contributed by atoms with E-state index in [0.717, 1.165) is 41.6 Å². The standard InChI is InChI=1S/C20H22O3/c1-12(2)15-8-18(13(3)19(22)9-15)17-7-16-6-14(10-21)4-5-20(16)23-11-17/h4-6,10,15,17H,1,7-9,11H2,2-3H3. The minimum Gasteiger partial charge on any atom is -0.493 e. The molecular weight excluding hydrogens is 288 g/mol. The van der Waals surface area contributed by atoms with Gasteiger partial charge in [-0.05, 0) is 61.9 Å². The normalized spacial score (nSPS) is 24.0. The zero-order chi connectivity index (χ0) is 16.6. The lowest BCUT2D eigenvalue weighted by Gasteiger charge is -2.33. The van der Waals surface area contributed by atoms with Crippen LogP contribution in [0.3, 0.4) is 0 Å². The molecule has 0 radical (unpaired) electrons. The summed E-state index contributed by atoms with van der Waals surface area (Å²) in [6, 6.07) is 5.53. The second-order valence-corrected chi connectivity index (χ2v) is 6.72. The van der Waals surface area contributed by atoms with Crippen molar-refractivity contribution in [3.05, 3.63) is 52.6 Å². The number of carbonyl (C=O) groups is 2. The fraction of sp³-hybridized carbons (Fsp3) is 0.400. The molecule has 2 atom stereocenters. The quantitative estimate of drug-likeness (QED) is 0.628. The second kappa shape index (κ2) is 6.15. The molecule has 0 saturated heterocycles. The van der Waals surface area contributed by atoms with Gasteiger partial charge in [0, 0.05) is 17.9 Å². The molecule has 120 valence electrons.